The Hall–Kier alpha value is -0.210. The third-order valence-electron chi connectivity index (χ3n) is 3.10. The number of hydrogen-bond acceptors (Lipinski definition) is 11. The number of hydrogen-bond donors (Lipinski definition) is 9. The number of aliphatic hydroxyl groups excluding tert-OH is 7. The number of rotatable bonds is 6. The zero-order chi connectivity index (χ0) is 17.3. The average Bonchev–Trinajstić information content (AvgIpc) is 2.46. The van der Waals surface area contributed by atoms with Crippen LogP contribution in [-0.2, 0) is 13.6 Å². The summed E-state index contributed by atoms with van der Waals surface area (Å²) in [6.45, 7) is -1.70. The Balaban J connectivity index is 2.90. The molecule has 1 aliphatic rings. The molecule has 22 heavy (non-hydrogen) atoms. The molecule has 0 radical (unpaired) electrons. The highest BCUT2D eigenvalue weighted by atomic mass is 31.2. The van der Waals surface area contributed by atoms with Crippen molar-refractivity contribution in [3.05, 3.63) is 0 Å². The summed E-state index contributed by atoms with van der Waals surface area (Å²) in [5.41, 5.74) is 0. The molecular formula is C9H19O12P. The summed E-state index contributed by atoms with van der Waals surface area (Å²) in [7, 11) is -5.19. The van der Waals surface area contributed by atoms with E-state index in [1.807, 2.05) is 0 Å². The van der Waals surface area contributed by atoms with Crippen LogP contribution in [0.1, 0.15) is 0 Å². The lowest BCUT2D eigenvalue weighted by atomic mass is 9.82. The lowest BCUT2D eigenvalue weighted by Crippen LogP contribution is -2.71. The average molecular weight is 350 g/mol. The minimum absolute atomic E-state index is 0.806. The Labute approximate surface area is 124 Å². The standard InChI is InChI=1S/C9H19O12P/c10-1-3(11)2-20-22(18,19)21-9(17)7(15)5(13)4(12)6(14)8(9)16/h3-8,10-17H,1-2H2,(H,18,19)/t3?,4-,5-,6+,7-,8-,9-/m1/s1. The van der Waals surface area contributed by atoms with Crippen LogP contribution >= 0.6 is 7.82 Å². The fraction of sp³-hybridized carbons (Fsp3) is 1.00. The summed E-state index contributed by atoms with van der Waals surface area (Å²) in [5, 5.41) is 74.8. The maximum atomic E-state index is 11.6. The van der Waals surface area contributed by atoms with Gasteiger partial charge in [-0.15, -0.1) is 0 Å². The molecule has 12 nitrogen and oxygen atoms in total. The van der Waals surface area contributed by atoms with Gasteiger partial charge in [0, 0.05) is 0 Å². The second kappa shape index (κ2) is 7.13. The molecule has 132 valence electrons. The largest absolute Gasteiger partial charge is 0.475 e. The highest BCUT2D eigenvalue weighted by molar-refractivity contribution is 7.47. The molecule has 8 atom stereocenters. The van der Waals surface area contributed by atoms with Crippen LogP contribution in [0.3, 0.4) is 0 Å². The van der Waals surface area contributed by atoms with Crippen molar-refractivity contribution < 1.29 is 59.4 Å². The summed E-state index contributed by atoms with van der Waals surface area (Å²) in [6.07, 6.45) is -12.9. The van der Waals surface area contributed by atoms with Crippen LogP contribution in [0, 0.1) is 0 Å². The molecular weight excluding hydrogens is 331 g/mol. The monoisotopic (exact) mass is 350 g/mol. The van der Waals surface area contributed by atoms with Gasteiger partial charge >= 0.3 is 7.82 Å². The van der Waals surface area contributed by atoms with Crippen LogP contribution in [-0.4, -0.2) is 101 Å². The van der Waals surface area contributed by atoms with Crippen LogP contribution < -0.4 is 0 Å². The fourth-order valence-corrected chi connectivity index (χ4v) is 2.79. The normalized spacial score (nSPS) is 43.6. The van der Waals surface area contributed by atoms with Crippen LogP contribution in [0.4, 0.5) is 0 Å². The number of phosphoric ester groups is 1. The predicted molar refractivity (Wildman–Crippen MR) is 64.9 cm³/mol. The van der Waals surface area contributed by atoms with E-state index in [1.54, 1.807) is 0 Å². The Bertz CT molecular complexity index is 401. The molecule has 9 N–H and O–H groups in total. The highest BCUT2D eigenvalue weighted by Crippen LogP contribution is 2.50. The fourth-order valence-electron chi connectivity index (χ4n) is 1.79. The van der Waals surface area contributed by atoms with E-state index < -0.39 is 63.4 Å². The molecule has 0 aromatic carbocycles. The van der Waals surface area contributed by atoms with Gasteiger partial charge in [0.25, 0.3) is 0 Å². The van der Waals surface area contributed by atoms with E-state index >= 15 is 0 Å². The van der Waals surface area contributed by atoms with Gasteiger partial charge in [-0.2, -0.15) is 0 Å². The summed E-state index contributed by atoms with van der Waals surface area (Å²) in [6, 6.07) is 0. The van der Waals surface area contributed by atoms with Gasteiger partial charge in [0.2, 0.25) is 5.79 Å². The lowest BCUT2D eigenvalue weighted by molar-refractivity contribution is -0.337. The number of phosphoric acid groups is 1. The molecule has 0 aromatic rings. The third-order valence-corrected chi connectivity index (χ3v) is 4.10. The van der Waals surface area contributed by atoms with Gasteiger partial charge in [-0.05, 0) is 0 Å². The van der Waals surface area contributed by atoms with E-state index in [4.69, 9.17) is 10.2 Å². The lowest BCUT2D eigenvalue weighted by Gasteiger charge is -2.46. The SMILES string of the molecule is O=P(O)(OCC(O)CO)O[C@]1(O)[C@H](O)[C@H](O)[C@@H](O)[C@H](O)[C@H]1O. The van der Waals surface area contributed by atoms with Crippen molar-refractivity contribution in [3.8, 4) is 0 Å². The Morgan fingerprint density at radius 1 is 1.05 bits per heavy atom. The van der Waals surface area contributed by atoms with Gasteiger partial charge in [0.1, 0.15) is 36.6 Å². The predicted octanol–water partition coefficient (Wildman–Crippen LogP) is -5.02. The quantitative estimate of drug-likeness (QED) is 0.162. The van der Waals surface area contributed by atoms with E-state index in [1.165, 1.54) is 0 Å². The molecule has 0 bridgehead atoms. The Morgan fingerprint density at radius 2 is 1.50 bits per heavy atom. The molecule has 0 aliphatic heterocycles. The minimum Gasteiger partial charge on any atom is -0.394 e. The third kappa shape index (κ3) is 4.00. The number of aliphatic hydroxyl groups is 8. The summed E-state index contributed by atoms with van der Waals surface area (Å²) in [4.78, 5) is 9.36. The zero-order valence-electron chi connectivity index (χ0n) is 11.1. The van der Waals surface area contributed by atoms with Crippen molar-refractivity contribution in [1.82, 2.24) is 0 Å². The van der Waals surface area contributed by atoms with Crippen molar-refractivity contribution in [2.24, 2.45) is 0 Å². The molecule has 2 unspecified atom stereocenters. The van der Waals surface area contributed by atoms with Gasteiger partial charge in [-0.3, -0.25) is 4.52 Å². The van der Waals surface area contributed by atoms with Crippen molar-refractivity contribution in [3.63, 3.8) is 0 Å². The molecule has 1 fully saturated rings. The topological polar surface area (TPSA) is 218 Å². The van der Waals surface area contributed by atoms with Gasteiger partial charge < -0.3 is 45.7 Å². The molecule has 1 aliphatic carbocycles. The molecule has 1 rings (SSSR count). The molecule has 0 heterocycles. The van der Waals surface area contributed by atoms with Crippen molar-refractivity contribution >= 4 is 7.82 Å². The first kappa shape index (κ1) is 19.8. The smallest absolute Gasteiger partial charge is 0.394 e. The summed E-state index contributed by atoms with van der Waals surface area (Å²) in [5.74, 6) is -3.34. The summed E-state index contributed by atoms with van der Waals surface area (Å²) >= 11 is 0. The highest BCUT2D eigenvalue weighted by Gasteiger charge is 2.61. The second-order valence-electron chi connectivity index (χ2n) is 4.81. The Morgan fingerprint density at radius 3 is 1.91 bits per heavy atom. The zero-order valence-corrected chi connectivity index (χ0v) is 12.0. The van der Waals surface area contributed by atoms with Crippen molar-refractivity contribution in [1.29, 1.82) is 0 Å². The molecule has 13 heteroatoms. The molecule has 0 saturated heterocycles. The first-order chi connectivity index (χ1) is 9.96. The second-order valence-corrected chi connectivity index (χ2v) is 6.18. The van der Waals surface area contributed by atoms with Crippen LogP contribution in [0.25, 0.3) is 0 Å². The van der Waals surface area contributed by atoms with Crippen LogP contribution in [0.15, 0.2) is 0 Å². The van der Waals surface area contributed by atoms with Crippen LogP contribution in [0.2, 0.25) is 0 Å². The van der Waals surface area contributed by atoms with E-state index in [2.05, 4.69) is 9.05 Å². The first-order valence-corrected chi connectivity index (χ1v) is 7.55. The van der Waals surface area contributed by atoms with E-state index in [0.29, 0.717) is 0 Å². The maximum absolute atomic E-state index is 11.6. The van der Waals surface area contributed by atoms with Gasteiger partial charge in [-0.25, -0.2) is 9.09 Å². The van der Waals surface area contributed by atoms with E-state index in [9.17, 15) is 40.1 Å². The van der Waals surface area contributed by atoms with Gasteiger partial charge in [-0.1, -0.05) is 0 Å². The molecule has 0 spiro atoms. The first-order valence-electron chi connectivity index (χ1n) is 6.06. The molecule has 1 saturated carbocycles. The van der Waals surface area contributed by atoms with Crippen molar-refractivity contribution in [2.75, 3.05) is 13.2 Å². The van der Waals surface area contributed by atoms with E-state index in [-0.39, 0.29) is 0 Å². The van der Waals surface area contributed by atoms with Crippen LogP contribution in [0.5, 0.6) is 0 Å². The summed E-state index contributed by atoms with van der Waals surface area (Å²) < 4.78 is 20.0. The minimum atomic E-state index is -5.19. The maximum Gasteiger partial charge on any atom is 0.475 e. The van der Waals surface area contributed by atoms with Crippen molar-refractivity contribution in [2.45, 2.75) is 42.4 Å². The van der Waals surface area contributed by atoms with Gasteiger partial charge in [0.15, 0.2) is 0 Å². The van der Waals surface area contributed by atoms with Gasteiger partial charge in [0.05, 0.1) is 13.2 Å². The molecule has 0 amide bonds. The van der Waals surface area contributed by atoms with E-state index in [0.717, 1.165) is 0 Å². The Kier molecular flexibility index (Phi) is 6.43. The molecule has 0 aromatic heterocycles.